The Balaban J connectivity index is 1.22. The number of benzene rings is 3. The number of carbonyl (C=O) groups is 1. The molecule has 0 aliphatic carbocycles. The van der Waals surface area contributed by atoms with Gasteiger partial charge in [0.15, 0.2) is 0 Å². The van der Waals surface area contributed by atoms with Gasteiger partial charge in [0.05, 0.1) is 40.8 Å². The topological polar surface area (TPSA) is 112 Å². The number of rotatable bonds is 11. The monoisotopic (exact) mass is 625 g/mol. The van der Waals surface area contributed by atoms with Crippen LogP contribution in [0.4, 0.5) is 13.2 Å². The molecule has 0 radical (unpaired) electrons. The Kier molecular flexibility index (Phi) is 8.70. The number of aromatic nitrogens is 5. The molecule has 3 aromatic heterocycles. The van der Waals surface area contributed by atoms with E-state index in [1.54, 1.807) is 28.8 Å². The smallest absolute Gasteiger partial charge is 0.335 e. The first-order valence-corrected chi connectivity index (χ1v) is 14.1. The van der Waals surface area contributed by atoms with Crippen molar-refractivity contribution in [2.75, 3.05) is 13.7 Å². The molecule has 9 nitrogen and oxygen atoms in total. The van der Waals surface area contributed by atoms with Crippen LogP contribution in [0.1, 0.15) is 27.3 Å². The number of carboxylic acids is 1. The molecule has 0 aliphatic rings. The fraction of sp³-hybridized carbons (Fsp3) is 0.147. The first kappa shape index (κ1) is 30.4. The van der Waals surface area contributed by atoms with E-state index in [0.29, 0.717) is 41.3 Å². The van der Waals surface area contributed by atoms with Crippen LogP contribution >= 0.6 is 0 Å². The molecule has 6 aromatic rings. The Morgan fingerprint density at radius 2 is 1.74 bits per heavy atom. The lowest BCUT2D eigenvalue weighted by molar-refractivity contribution is 0.0697. The molecule has 0 amide bonds. The zero-order chi connectivity index (χ0) is 32.2. The van der Waals surface area contributed by atoms with Gasteiger partial charge in [-0.05, 0) is 48.0 Å². The molecule has 232 valence electrons. The summed E-state index contributed by atoms with van der Waals surface area (Å²) in [7, 11) is 1.53. The summed E-state index contributed by atoms with van der Waals surface area (Å²) in [5.41, 5.74) is 2.64. The zero-order valence-electron chi connectivity index (χ0n) is 24.5. The highest BCUT2D eigenvalue weighted by molar-refractivity contribution is 5.92. The van der Waals surface area contributed by atoms with Gasteiger partial charge in [-0.1, -0.05) is 18.2 Å². The molecule has 0 aliphatic heterocycles. The minimum absolute atomic E-state index is 0.0540. The van der Waals surface area contributed by atoms with Crippen molar-refractivity contribution >= 4 is 17.0 Å². The van der Waals surface area contributed by atoms with Gasteiger partial charge in [-0.15, -0.1) is 0 Å². The van der Waals surface area contributed by atoms with Crippen LogP contribution in [0.25, 0.3) is 33.5 Å². The Bertz CT molecular complexity index is 2050. The van der Waals surface area contributed by atoms with Crippen molar-refractivity contribution in [1.29, 1.82) is 0 Å². The lowest BCUT2D eigenvalue weighted by atomic mass is 10.0. The van der Waals surface area contributed by atoms with Crippen LogP contribution < -0.4 is 4.74 Å². The van der Waals surface area contributed by atoms with Crippen molar-refractivity contribution in [3.63, 3.8) is 0 Å². The van der Waals surface area contributed by atoms with E-state index in [1.807, 2.05) is 0 Å². The molecule has 46 heavy (non-hydrogen) atoms. The lowest BCUT2D eigenvalue weighted by Gasteiger charge is -2.12. The van der Waals surface area contributed by atoms with Gasteiger partial charge in [-0.3, -0.25) is 9.97 Å². The third-order valence-corrected chi connectivity index (χ3v) is 7.36. The number of halogens is 3. The van der Waals surface area contributed by atoms with Crippen LogP contribution in [0, 0.1) is 17.5 Å². The van der Waals surface area contributed by atoms with Gasteiger partial charge in [0, 0.05) is 55.2 Å². The normalized spacial score (nSPS) is 11.2. The second-order valence-electron chi connectivity index (χ2n) is 10.3. The summed E-state index contributed by atoms with van der Waals surface area (Å²) in [4.78, 5) is 28.6. The first-order valence-electron chi connectivity index (χ1n) is 14.1. The van der Waals surface area contributed by atoms with E-state index >= 15 is 8.78 Å². The second-order valence-corrected chi connectivity index (χ2v) is 10.3. The number of nitrogens with zero attached hydrogens (tertiary/aromatic N) is 5. The predicted octanol–water partition coefficient (Wildman–Crippen LogP) is 6.49. The average Bonchev–Trinajstić information content (AvgIpc) is 3.41. The molecule has 1 N–H and O–H groups in total. The SMILES string of the molecule is COCCn1c(Cc2cc(F)c(-c3cccc(OCc4ccc(-c5cnccn5)cc4F)n3)cc2F)nc2ccc(C(=O)O)cc21. The van der Waals surface area contributed by atoms with Gasteiger partial charge in [0.2, 0.25) is 5.88 Å². The number of ether oxygens (including phenoxy) is 2. The molecule has 0 bridgehead atoms. The Labute approximate surface area is 261 Å². The van der Waals surface area contributed by atoms with Gasteiger partial charge in [-0.25, -0.2) is 27.9 Å². The summed E-state index contributed by atoms with van der Waals surface area (Å²) in [6.07, 6.45) is 4.53. The number of aromatic carboxylic acids is 1. The van der Waals surface area contributed by atoms with Crippen molar-refractivity contribution in [3.05, 3.63) is 125 Å². The van der Waals surface area contributed by atoms with Crippen LogP contribution in [0.5, 0.6) is 5.88 Å². The van der Waals surface area contributed by atoms with Gasteiger partial charge in [-0.2, -0.15) is 0 Å². The third-order valence-electron chi connectivity index (χ3n) is 7.36. The van der Waals surface area contributed by atoms with Crippen molar-refractivity contribution in [2.45, 2.75) is 19.6 Å². The average molecular weight is 626 g/mol. The minimum Gasteiger partial charge on any atom is -0.478 e. The van der Waals surface area contributed by atoms with Crippen LogP contribution in [0.2, 0.25) is 0 Å². The van der Waals surface area contributed by atoms with Crippen LogP contribution in [-0.4, -0.2) is 49.3 Å². The largest absolute Gasteiger partial charge is 0.478 e. The fourth-order valence-electron chi connectivity index (χ4n) is 5.03. The maximum absolute atomic E-state index is 15.5. The summed E-state index contributed by atoms with van der Waals surface area (Å²) in [5, 5.41) is 9.42. The maximum atomic E-state index is 15.5. The van der Waals surface area contributed by atoms with E-state index in [-0.39, 0.29) is 46.9 Å². The molecular weight excluding hydrogens is 599 g/mol. The van der Waals surface area contributed by atoms with Gasteiger partial charge >= 0.3 is 5.97 Å². The number of pyridine rings is 1. The summed E-state index contributed by atoms with van der Waals surface area (Å²) in [6, 6.07) is 15.9. The summed E-state index contributed by atoms with van der Waals surface area (Å²) < 4.78 is 58.4. The third kappa shape index (κ3) is 6.42. The minimum atomic E-state index is -1.09. The molecule has 0 atom stereocenters. The van der Waals surface area contributed by atoms with Crippen LogP contribution in [-0.2, 0) is 24.3 Å². The molecule has 3 aromatic carbocycles. The van der Waals surface area contributed by atoms with Crippen molar-refractivity contribution in [3.8, 4) is 28.4 Å². The molecular formula is C34H26F3N5O4. The van der Waals surface area contributed by atoms with E-state index < -0.39 is 23.4 Å². The summed E-state index contributed by atoms with van der Waals surface area (Å²) >= 11 is 0. The molecule has 3 heterocycles. The molecule has 0 fully saturated rings. The van der Waals surface area contributed by atoms with Crippen molar-refractivity contribution in [1.82, 2.24) is 24.5 Å². The van der Waals surface area contributed by atoms with E-state index in [0.717, 1.165) is 12.1 Å². The molecule has 6 rings (SSSR count). The highest BCUT2D eigenvalue weighted by Gasteiger charge is 2.19. The van der Waals surface area contributed by atoms with Gasteiger partial charge < -0.3 is 19.1 Å². The zero-order valence-corrected chi connectivity index (χ0v) is 24.5. The van der Waals surface area contributed by atoms with E-state index in [2.05, 4.69) is 19.9 Å². The molecule has 0 spiro atoms. The Morgan fingerprint density at radius 3 is 2.50 bits per heavy atom. The molecule has 0 saturated heterocycles. The van der Waals surface area contributed by atoms with Gasteiger partial charge in [0.25, 0.3) is 0 Å². The summed E-state index contributed by atoms with van der Waals surface area (Å²) in [6.45, 7) is 0.493. The Morgan fingerprint density at radius 1 is 0.891 bits per heavy atom. The fourth-order valence-corrected chi connectivity index (χ4v) is 5.03. The maximum Gasteiger partial charge on any atom is 0.335 e. The number of fused-ring (bicyclic) bond motifs is 1. The van der Waals surface area contributed by atoms with E-state index in [4.69, 9.17) is 9.47 Å². The van der Waals surface area contributed by atoms with Crippen LogP contribution in [0.15, 0.2) is 85.3 Å². The molecule has 12 heteroatoms. The van der Waals surface area contributed by atoms with Gasteiger partial charge in [0.1, 0.15) is 29.9 Å². The number of methoxy groups -OCH3 is 1. The van der Waals surface area contributed by atoms with Crippen molar-refractivity contribution in [2.24, 2.45) is 0 Å². The summed E-state index contributed by atoms with van der Waals surface area (Å²) in [5.74, 6) is -2.44. The number of hydrogen-bond donors (Lipinski definition) is 1. The van der Waals surface area contributed by atoms with E-state index in [9.17, 15) is 14.3 Å². The molecule has 0 unspecified atom stereocenters. The number of carboxylic acid groups (broad SMARTS) is 1. The van der Waals surface area contributed by atoms with E-state index in [1.165, 1.54) is 56.0 Å². The quantitative estimate of drug-likeness (QED) is 0.174. The number of hydrogen-bond acceptors (Lipinski definition) is 7. The lowest BCUT2D eigenvalue weighted by Crippen LogP contribution is -2.10. The highest BCUT2D eigenvalue weighted by Crippen LogP contribution is 2.29. The second kappa shape index (κ2) is 13.2. The Hall–Kier alpha value is -5.62. The predicted molar refractivity (Wildman–Crippen MR) is 163 cm³/mol. The standard InChI is InChI=1S/C34H26F3N5O4/c1-45-12-11-42-31-15-21(34(43)44)7-8-29(31)40-32(42)16-23-14-27(37)24(17-26(23)36)28-3-2-4-33(41-28)46-19-22-6-5-20(13-25(22)35)30-18-38-9-10-39-30/h2-10,13-15,17-18H,11-12,16,19H2,1H3,(H,43,44). The first-order chi connectivity index (χ1) is 22.3. The molecule has 0 saturated carbocycles. The number of imidazole rings is 1. The highest BCUT2D eigenvalue weighted by atomic mass is 19.1. The van der Waals surface area contributed by atoms with Crippen molar-refractivity contribution < 1.29 is 32.5 Å². The van der Waals surface area contributed by atoms with Crippen LogP contribution in [0.3, 0.4) is 0 Å².